The molecule has 19 heavy (non-hydrogen) atoms. The van der Waals surface area contributed by atoms with Crippen LogP contribution >= 0.6 is 11.6 Å². The summed E-state index contributed by atoms with van der Waals surface area (Å²) in [6.45, 7) is 8.09. The largest absolute Gasteiger partial charge is 0.361 e. The van der Waals surface area contributed by atoms with Gasteiger partial charge in [-0.3, -0.25) is 0 Å². The molecule has 0 bridgehead atoms. The van der Waals surface area contributed by atoms with Gasteiger partial charge in [0.25, 0.3) is 0 Å². The molecule has 0 saturated heterocycles. The molecule has 0 radical (unpaired) electrons. The summed E-state index contributed by atoms with van der Waals surface area (Å²) in [4.78, 5) is 4.06. The molecule has 104 valence electrons. The number of hydrogen-bond donors (Lipinski definition) is 0. The van der Waals surface area contributed by atoms with Crippen molar-refractivity contribution in [2.75, 3.05) is 6.61 Å². The van der Waals surface area contributed by atoms with E-state index in [0.29, 0.717) is 17.8 Å². The summed E-state index contributed by atoms with van der Waals surface area (Å²) in [6.07, 6.45) is 2.96. The van der Waals surface area contributed by atoms with Gasteiger partial charge in [0.15, 0.2) is 5.82 Å². The van der Waals surface area contributed by atoms with E-state index < -0.39 is 13.9 Å². The number of rotatable bonds is 5. The van der Waals surface area contributed by atoms with Crippen molar-refractivity contribution in [3.05, 3.63) is 29.3 Å². The topological polar surface area (TPSA) is 27.1 Å². The summed E-state index contributed by atoms with van der Waals surface area (Å²) in [6, 6.07) is 2.88. The van der Waals surface area contributed by atoms with Crippen molar-refractivity contribution in [2.24, 2.45) is 0 Å². The van der Waals surface area contributed by atoms with Crippen LogP contribution < -0.4 is 0 Å². The maximum Gasteiger partial charge on any atom is 0.160 e. The van der Waals surface area contributed by atoms with Crippen molar-refractivity contribution in [3.63, 3.8) is 0 Å². The minimum atomic E-state index is -1.07. The molecule has 0 atom stereocenters. The van der Waals surface area contributed by atoms with Crippen LogP contribution in [0.15, 0.2) is 18.5 Å². The van der Waals surface area contributed by atoms with Crippen molar-refractivity contribution in [1.82, 2.24) is 9.55 Å². The summed E-state index contributed by atoms with van der Waals surface area (Å²) in [7, 11) is -1.07. The smallest absolute Gasteiger partial charge is 0.160 e. The van der Waals surface area contributed by atoms with Crippen LogP contribution in [0.5, 0.6) is 0 Å². The van der Waals surface area contributed by atoms with Gasteiger partial charge >= 0.3 is 0 Å². The van der Waals surface area contributed by atoms with Gasteiger partial charge in [-0.25, -0.2) is 9.37 Å². The number of pyridine rings is 1. The molecule has 0 aromatic carbocycles. The zero-order chi connectivity index (χ0) is 14.0. The highest BCUT2D eigenvalue weighted by Crippen LogP contribution is 2.25. The van der Waals surface area contributed by atoms with Crippen LogP contribution in [0.1, 0.15) is 0 Å². The molecule has 0 fully saturated rings. The molecule has 0 amide bonds. The Morgan fingerprint density at radius 1 is 1.42 bits per heavy atom. The average Bonchev–Trinajstić information content (AvgIpc) is 2.72. The molecule has 0 N–H and O–H groups in total. The van der Waals surface area contributed by atoms with Crippen LogP contribution in [0.2, 0.25) is 30.7 Å². The van der Waals surface area contributed by atoms with Crippen molar-refractivity contribution >= 4 is 30.7 Å². The molecule has 0 spiro atoms. The van der Waals surface area contributed by atoms with E-state index in [4.69, 9.17) is 16.3 Å². The van der Waals surface area contributed by atoms with Gasteiger partial charge in [-0.2, -0.15) is 0 Å². The molecule has 6 heteroatoms. The summed E-state index contributed by atoms with van der Waals surface area (Å²) in [5.41, 5.74) is 0.652. The van der Waals surface area contributed by atoms with Gasteiger partial charge in [-0.15, -0.1) is 0 Å². The first-order valence-corrected chi connectivity index (χ1v) is 10.3. The Kier molecular flexibility index (Phi) is 4.28. The molecule has 3 nitrogen and oxygen atoms in total. The van der Waals surface area contributed by atoms with E-state index in [1.807, 2.05) is 10.8 Å². The van der Waals surface area contributed by atoms with Crippen LogP contribution in [0.3, 0.4) is 0 Å². The van der Waals surface area contributed by atoms with Gasteiger partial charge in [0, 0.05) is 26.3 Å². The lowest BCUT2D eigenvalue weighted by Gasteiger charge is -2.15. The molecular formula is C13H18ClFN2OSi. The molecule has 2 heterocycles. The van der Waals surface area contributed by atoms with Gasteiger partial charge in [0.1, 0.15) is 12.4 Å². The normalized spacial score (nSPS) is 12.3. The number of fused-ring (bicyclic) bond motifs is 1. The van der Waals surface area contributed by atoms with Gasteiger partial charge in [0.2, 0.25) is 0 Å². The molecular weight excluding hydrogens is 283 g/mol. The quantitative estimate of drug-likeness (QED) is 0.613. The van der Waals surface area contributed by atoms with Gasteiger partial charge in [-0.1, -0.05) is 31.2 Å². The summed E-state index contributed by atoms with van der Waals surface area (Å²) in [5.74, 6) is -0.494. The lowest BCUT2D eigenvalue weighted by Crippen LogP contribution is -2.22. The summed E-state index contributed by atoms with van der Waals surface area (Å²) < 4.78 is 20.8. The van der Waals surface area contributed by atoms with Gasteiger partial charge < -0.3 is 9.30 Å². The van der Waals surface area contributed by atoms with Crippen LogP contribution in [-0.4, -0.2) is 24.2 Å². The van der Waals surface area contributed by atoms with E-state index in [0.717, 1.165) is 18.8 Å². The molecule has 2 aromatic heterocycles. The predicted octanol–water partition coefficient (Wildman–Crippen LogP) is 4.14. The average molecular weight is 301 g/mol. The number of aromatic nitrogens is 2. The van der Waals surface area contributed by atoms with Crippen LogP contribution in [0, 0.1) is 5.82 Å². The predicted molar refractivity (Wildman–Crippen MR) is 78.8 cm³/mol. The molecule has 0 saturated carbocycles. The van der Waals surface area contributed by atoms with E-state index in [1.165, 1.54) is 0 Å². The fourth-order valence-corrected chi connectivity index (χ4v) is 2.68. The van der Waals surface area contributed by atoms with Crippen molar-refractivity contribution < 1.29 is 9.13 Å². The Bertz CT molecular complexity index is 580. The minimum absolute atomic E-state index is 0.117. The second-order valence-electron chi connectivity index (χ2n) is 5.79. The van der Waals surface area contributed by atoms with E-state index in [9.17, 15) is 4.39 Å². The molecule has 0 unspecified atom stereocenters. The maximum absolute atomic E-state index is 13.3. The Balaban J connectivity index is 2.04. The fourth-order valence-electron chi connectivity index (χ4n) is 1.73. The van der Waals surface area contributed by atoms with Gasteiger partial charge in [0.05, 0.1) is 11.2 Å². The second kappa shape index (κ2) is 5.61. The monoisotopic (exact) mass is 300 g/mol. The third kappa shape index (κ3) is 3.55. The third-order valence-electron chi connectivity index (χ3n) is 2.91. The van der Waals surface area contributed by atoms with E-state index in [1.54, 1.807) is 6.07 Å². The lowest BCUT2D eigenvalue weighted by molar-refractivity contribution is 0.0899. The second-order valence-corrected chi connectivity index (χ2v) is 11.8. The third-order valence-corrected chi connectivity index (χ3v) is 5.00. The van der Waals surface area contributed by atoms with Crippen molar-refractivity contribution in [2.45, 2.75) is 32.4 Å². The first-order valence-electron chi connectivity index (χ1n) is 6.25. The van der Waals surface area contributed by atoms with Crippen molar-refractivity contribution in [1.29, 1.82) is 0 Å². The van der Waals surface area contributed by atoms with E-state index in [-0.39, 0.29) is 5.02 Å². The van der Waals surface area contributed by atoms with Gasteiger partial charge in [-0.05, 0) is 12.1 Å². The zero-order valence-corrected chi connectivity index (χ0v) is 13.2. The molecule has 0 aliphatic heterocycles. The van der Waals surface area contributed by atoms with E-state index in [2.05, 4.69) is 24.6 Å². The summed E-state index contributed by atoms with van der Waals surface area (Å²) >= 11 is 5.90. The van der Waals surface area contributed by atoms with Crippen LogP contribution in [0.4, 0.5) is 4.39 Å². The minimum Gasteiger partial charge on any atom is -0.361 e. The Hall–Kier alpha value is -0.913. The lowest BCUT2D eigenvalue weighted by atomic mass is 10.3. The van der Waals surface area contributed by atoms with Crippen molar-refractivity contribution in [3.8, 4) is 0 Å². The zero-order valence-electron chi connectivity index (χ0n) is 11.4. The number of nitrogens with zero attached hydrogens (tertiary/aromatic N) is 2. The van der Waals surface area contributed by atoms with E-state index >= 15 is 0 Å². The first-order chi connectivity index (χ1) is 8.88. The molecule has 0 aliphatic rings. The highest BCUT2D eigenvalue weighted by molar-refractivity contribution is 6.76. The number of hydrogen-bond acceptors (Lipinski definition) is 2. The SMILES string of the molecule is C[Si](C)(C)CCOCn1ccc2c(Cl)c(F)cnc21. The van der Waals surface area contributed by atoms with Crippen LogP contribution in [-0.2, 0) is 11.5 Å². The Labute approximate surface area is 118 Å². The molecule has 0 aliphatic carbocycles. The maximum atomic E-state index is 13.3. The van der Waals surface area contributed by atoms with Crippen LogP contribution in [0.25, 0.3) is 11.0 Å². The molecule has 2 aromatic rings. The number of halogens is 2. The highest BCUT2D eigenvalue weighted by atomic mass is 35.5. The standard InChI is InChI=1S/C13H18ClFN2OSi/c1-19(2,3)7-6-18-9-17-5-4-10-12(14)11(15)8-16-13(10)17/h4-5,8H,6-7,9H2,1-3H3. The fraction of sp³-hybridized carbons (Fsp3) is 0.462. The number of ether oxygens (including phenoxy) is 1. The Morgan fingerprint density at radius 3 is 2.84 bits per heavy atom. The summed E-state index contributed by atoms with van der Waals surface area (Å²) in [5, 5.41) is 0.737. The molecule has 2 rings (SSSR count). The highest BCUT2D eigenvalue weighted by Gasteiger charge is 2.13. The Morgan fingerprint density at radius 2 is 2.16 bits per heavy atom. The first kappa shape index (κ1) is 14.5.